The molecule has 3 rings (SSSR count). The van der Waals surface area contributed by atoms with Crippen LogP contribution < -0.4 is 0 Å². The van der Waals surface area contributed by atoms with E-state index in [0.717, 1.165) is 31.6 Å². The Kier molecular flexibility index (Phi) is 4.52. The fourth-order valence-electron chi connectivity index (χ4n) is 2.79. The fourth-order valence-corrected chi connectivity index (χ4v) is 3.84. The van der Waals surface area contributed by atoms with Gasteiger partial charge in [-0.15, -0.1) is 11.3 Å². The number of piperidine rings is 1. The van der Waals surface area contributed by atoms with Crippen LogP contribution >= 0.6 is 11.3 Å². The van der Waals surface area contributed by atoms with E-state index < -0.39 is 0 Å². The molecule has 6 nitrogen and oxygen atoms in total. The van der Waals surface area contributed by atoms with Gasteiger partial charge in [0.05, 0.1) is 17.2 Å². The predicted molar refractivity (Wildman–Crippen MR) is 84.8 cm³/mol. The molecule has 2 aromatic heterocycles. The van der Waals surface area contributed by atoms with E-state index in [4.69, 9.17) is 0 Å². The van der Waals surface area contributed by atoms with E-state index in [1.165, 1.54) is 16.2 Å². The summed E-state index contributed by atoms with van der Waals surface area (Å²) in [6, 6.07) is 0. The van der Waals surface area contributed by atoms with Crippen LogP contribution in [0.15, 0.2) is 12.7 Å². The average Bonchev–Trinajstić information content (AvgIpc) is 3.16. The Morgan fingerprint density at radius 3 is 3.00 bits per heavy atom. The minimum Gasteiger partial charge on any atom is -0.342 e. The Hall–Kier alpha value is -1.76. The van der Waals surface area contributed by atoms with Crippen molar-refractivity contribution in [2.24, 2.45) is 0 Å². The highest BCUT2D eigenvalue weighted by Crippen LogP contribution is 2.31. The summed E-state index contributed by atoms with van der Waals surface area (Å²) in [5.74, 6) is 0.590. The van der Waals surface area contributed by atoms with Crippen LogP contribution in [0.3, 0.4) is 0 Å². The summed E-state index contributed by atoms with van der Waals surface area (Å²) in [4.78, 5) is 24.2. The van der Waals surface area contributed by atoms with Crippen molar-refractivity contribution in [2.45, 2.75) is 45.6 Å². The molecule has 118 valence electrons. The van der Waals surface area contributed by atoms with Crippen LogP contribution in [0.4, 0.5) is 0 Å². The van der Waals surface area contributed by atoms with E-state index in [-0.39, 0.29) is 5.91 Å². The zero-order chi connectivity index (χ0) is 15.5. The summed E-state index contributed by atoms with van der Waals surface area (Å²) in [7, 11) is 0. The molecule has 3 heterocycles. The quantitative estimate of drug-likeness (QED) is 0.866. The highest BCUT2D eigenvalue weighted by molar-refractivity contribution is 7.11. The first kappa shape index (κ1) is 15.1. The highest BCUT2D eigenvalue weighted by Gasteiger charge is 2.26. The SMILES string of the molecule is Cc1nc(C2CCCN(C(=O)CCn3cncn3)C2)sc1C. The molecule has 2 aromatic rings. The second-order valence-corrected chi connectivity index (χ2v) is 7.02. The zero-order valence-electron chi connectivity index (χ0n) is 13.0. The molecule has 0 aromatic carbocycles. The summed E-state index contributed by atoms with van der Waals surface area (Å²) in [5.41, 5.74) is 1.12. The summed E-state index contributed by atoms with van der Waals surface area (Å²) in [5, 5.41) is 5.22. The monoisotopic (exact) mass is 319 g/mol. The van der Waals surface area contributed by atoms with Gasteiger partial charge in [-0.25, -0.2) is 9.97 Å². The molecule has 0 bridgehead atoms. The predicted octanol–water partition coefficient (Wildman–Crippen LogP) is 2.15. The molecule has 0 N–H and O–H groups in total. The first-order valence-electron chi connectivity index (χ1n) is 7.67. The standard InChI is InChI=1S/C15H21N5OS/c1-11-12(2)22-15(18-11)13-4-3-6-19(8-13)14(21)5-7-20-10-16-9-17-20/h9-10,13H,3-8H2,1-2H3. The van der Waals surface area contributed by atoms with Gasteiger partial charge < -0.3 is 4.90 Å². The Labute approximate surface area is 134 Å². The summed E-state index contributed by atoms with van der Waals surface area (Å²) in [6.45, 7) is 6.41. The van der Waals surface area contributed by atoms with Crippen molar-refractivity contribution in [3.8, 4) is 0 Å². The second-order valence-electron chi connectivity index (χ2n) is 5.78. The second kappa shape index (κ2) is 6.56. The number of rotatable bonds is 4. The van der Waals surface area contributed by atoms with Crippen molar-refractivity contribution in [3.05, 3.63) is 28.2 Å². The summed E-state index contributed by atoms with van der Waals surface area (Å²) in [6.07, 6.45) is 5.80. The normalized spacial score (nSPS) is 18.6. The molecule has 0 radical (unpaired) electrons. The molecular weight excluding hydrogens is 298 g/mol. The van der Waals surface area contributed by atoms with E-state index in [9.17, 15) is 4.79 Å². The Balaban J connectivity index is 1.58. The minimum absolute atomic E-state index is 0.199. The van der Waals surface area contributed by atoms with Gasteiger partial charge in [0.15, 0.2) is 0 Å². The van der Waals surface area contributed by atoms with Gasteiger partial charge in [-0.2, -0.15) is 5.10 Å². The van der Waals surface area contributed by atoms with Crippen molar-refractivity contribution < 1.29 is 4.79 Å². The van der Waals surface area contributed by atoms with E-state index in [1.54, 1.807) is 22.3 Å². The number of aromatic nitrogens is 4. The van der Waals surface area contributed by atoms with E-state index in [0.29, 0.717) is 18.9 Å². The topological polar surface area (TPSA) is 63.9 Å². The number of aryl methyl sites for hydroxylation is 3. The zero-order valence-corrected chi connectivity index (χ0v) is 13.8. The van der Waals surface area contributed by atoms with E-state index in [1.807, 2.05) is 4.90 Å². The lowest BCUT2D eigenvalue weighted by Crippen LogP contribution is -2.39. The van der Waals surface area contributed by atoms with Crippen LogP contribution in [-0.2, 0) is 11.3 Å². The van der Waals surface area contributed by atoms with Gasteiger partial charge in [0, 0.05) is 30.3 Å². The number of amides is 1. The van der Waals surface area contributed by atoms with Gasteiger partial charge in [-0.3, -0.25) is 9.48 Å². The lowest BCUT2D eigenvalue weighted by atomic mass is 9.98. The maximum absolute atomic E-state index is 12.4. The lowest BCUT2D eigenvalue weighted by Gasteiger charge is -2.32. The van der Waals surface area contributed by atoms with Crippen molar-refractivity contribution in [2.75, 3.05) is 13.1 Å². The summed E-state index contributed by atoms with van der Waals surface area (Å²) < 4.78 is 1.70. The van der Waals surface area contributed by atoms with Gasteiger partial charge in [0.2, 0.25) is 5.91 Å². The number of nitrogens with zero attached hydrogens (tertiary/aromatic N) is 5. The van der Waals surface area contributed by atoms with Crippen molar-refractivity contribution in [1.82, 2.24) is 24.6 Å². The van der Waals surface area contributed by atoms with Gasteiger partial charge in [-0.1, -0.05) is 0 Å². The molecule has 1 atom stereocenters. The third-order valence-corrected chi connectivity index (χ3v) is 5.43. The van der Waals surface area contributed by atoms with Crippen molar-refractivity contribution in [3.63, 3.8) is 0 Å². The van der Waals surface area contributed by atoms with Crippen LogP contribution in [0.5, 0.6) is 0 Å². The maximum Gasteiger partial charge on any atom is 0.224 e. The van der Waals surface area contributed by atoms with Crippen molar-refractivity contribution >= 4 is 17.2 Å². The molecule has 7 heteroatoms. The van der Waals surface area contributed by atoms with Crippen LogP contribution in [0, 0.1) is 13.8 Å². The third kappa shape index (κ3) is 3.35. The van der Waals surface area contributed by atoms with Crippen LogP contribution in [-0.4, -0.2) is 43.6 Å². The van der Waals surface area contributed by atoms with Crippen LogP contribution in [0.25, 0.3) is 0 Å². The molecule has 1 unspecified atom stereocenters. The average molecular weight is 319 g/mol. The number of thiazole rings is 1. The molecule has 0 aliphatic carbocycles. The molecule has 1 fully saturated rings. The smallest absolute Gasteiger partial charge is 0.224 e. The highest BCUT2D eigenvalue weighted by atomic mass is 32.1. The third-order valence-electron chi connectivity index (χ3n) is 4.19. The first-order valence-corrected chi connectivity index (χ1v) is 8.49. The number of carbonyl (C=O) groups is 1. The maximum atomic E-state index is 12.4. The minimum atomic E-state index is 0.199. The molecule has 0 spiro atoms. The van der Waals surface area contributed by atoms with Gasteiger partial charge >= 0.3 is 0 Å². The number of hydrogen-bond acceptors (Lipinski definition) is 5. The largest absolute Gasteiger partial charge is 0.342 e. The Bertz CT molecular complexity index is 617. The molecular formula is C15H21N5OS. The number of carbonyl (C=O) groups excluding carboxylic acids is 1. The fraction of sp³-hybridized carbons (Fsp3) is 0.600. The van der Waals surface area contributed by atoms with E-state index in [2.05, 4.69) is 28.9 Å². The molecule has 1 aliphatic rings. The molecule has 1 amide bonds. The summed E-state index contributed by atoms with van der Waals surface area (Å²) >= 11 is 1.77. The number of hydrogen-bond donors (Lipinski definition) is 0. The van der Waals surface area contributed by atoms with Gasteiger partial charge in [0.25, 0.3) is 0 Å². The lowest BCUT2D eigenvalue weighted by molar-refractivity contribution is -0.132. The Morgan fingerprint density at radius 2 is 2.32 bits per heavy atom. The Morgan fingerprint density at radius 1 is 1.45 bits per heavy atom. The molecule has 1 saturated heterocycles. The van der Waals surface area contributed by atoms with Crippen LogP contribution in [0.2, 0.25) is 0 Å². The molecule has 1 aliphatic heterocycles. The first-order chi connectivity index (χ1) is 10.6. The van der Waals surface area contributed by atoms with E-state index >= 15 is 0 Å². The molecule has 22 heavy (non-hydrogen) atoms. The van der Waals surface area contributed by atoms with Crippen LogP contribution in [0.1, 0.15) is 40.8 Å². The van der Waals surface area contributed by atoms with Gasteiger partial charge in [-0.05, 0) is 26.7 Å². The van der Waals surface area contributed by atoms with Gasteiger partial charge in [0.1, 0.15) is 12.7 Å². The van der Waals surface area contributed by atoms with Crippen molar-refractivity contribution in [1.29, 1.82) is 0 Å². The number of likely N-dealkylation sites (tertiary alicyclic amines) is 1. The molecule has 0 saturated carbocycles.